The van der Waals surface area contributed by atoms with Gasteiger partial charge in [0.15, 0.2) is 0 Å². The summed E-state index contributed by atoms with van der Waals surface area (Å²) in [4.78, 5) is 34.6. The fraction of sp³-hybridized carbons (Fsp3) is 0.700. The molecule has 0 aliphatic heterocycles. The van der Waals surface area contributed by atoms with Gasteiger partial charge in [0.25, 0.3) is 0 Å². The van der Waals surface area contributed by atoms with Crippen LogP contribution < -0.4 is 11.1 Å². The first-order valence-electron chi connectivity index (χ1n) is 5.48. The summed E-state index contributed by atoms with van der Waals surface area (Å²) in [5.41, 5.74) is 4.91. The minimum atomic E-state index is -1.27. The maximum atomic E-state index is 11.7. The van der Waals surface area contributed by atoms with Crippen LogP contribution in [0.1, 0.15) is 26.7 Å². The van der Waals surface area contributed by atoms with Gasteiger partial charge in [0.1, 0.15) is 6.04 Å². The van der Waals surface area contributed by atoms with E-state index in [0.29, 0.717) is 13.1 Å². The topological polar surface area (TPSA) is 113 Å². The van der Waals surface area contributed by atoms with Gasteiger partial charge >= 0.3 is 12.0 Å². The van der Waals surface area contributed by atoms with Gasteiger partial charge in [-0.2, -0.15) is 0 Å². The molecular formula is C10H19N3O4. The van der Waals surface area contributed by atoms with Crippen LogP contribution in [0.25, 0.3) is 0 Å². The van der Waals surface area contributed by atoms with Crippen LogP contribution >= 0.6 is 0 Å². The van der Waals surface area contributed by atoms with Crippen molar-refractivity contribution in [1.82, 2.24) is 10.2 Å². The molecule has 0 radical (unpaired) electrons. The highest BCUT2D eigenvalue weighted by molar-refractivity contribution is 5.87. The number of hydrogen-bond acceptors (Lipinski definition) is 3. The molecule has 17 heavy (non-hydrogen) atoms. The van der Waals surface area contributed by atoms with E-state index in [0.717, 1.165) is 6.42 Å². The fourth-order valence-electron chi connectivity index (χ4n) is 1.31. The van der Waals surface area contributed by atoms with E-state index >= 15 is 0 Å². The third-order valence-corrected chi connectivity index (χ3v) is 2.16. The number of primary amides is 1. The second kappa shape index (κ2) is 7.48. The molecule has 7 nitrogen and oxygen atoms in total. The highest BCUT2D eigenvalue weighted by Gasteiger charge is 2.23. The quantitative estimate of drug-likeness (QED) is 0.574. The maximum absolute atomic E-state index is 11.7. The Morgan fingerprint density at radius 2 is 1.94 bits per heavy atom. The number of nitrogens with one attached hydrogen (secondary N) is 1. The number of nitrogens with zero attached hydrogens (tertiary/aromatic N) is 1. The monoisotopic (exact) mass is 245 g/mol. The molecule has 0 bridgehead atoms. The second-order valence-corrected chi connectivity index (χ2v) is 3.59. The highest BCUT2D eigenvalue weighted by atomic mass is 16.4. The number of carboxylic acid groups (broad SMARTS) is 1. The van der Waals surface area contributed by atoms with Crippen molar-refractivity contribution in [3.05, 3.63) is 0 Å². The van der Waals surface area contributed by atoms with Crippen LogP contribution in [0.2, 0.25) is 0 Å². The average molecular weight is 245 g/mol. The van der Waals surface area contributed by atoms with Crippen molar-refractivity contribution in [2.24, 2.45) is 5.73 Å². The molecule has 0 rings (SSSR count). The zero-order valence-electron chi connectivity index (χ0n) is 10.1. The van der Waals surface area contributed by atoms with Gasteiger partial charge in [-0.3, -0.25) is 4.79 Å². The first kappa shape index (κ1) is 15.2. The van der Waals surface area contributed by atoms with Gasteiger partial charge in [0, 0.05) is 13.1 Å². The van der Waals surface area contributed by atoms with Crippen molar-refractivity contribution in [3.8, 4) is 0 Å². The van der Waals surface area contributed by atoms with Gasteiger partial charge in [-0.1, -0.05) is 6.92 Å². The lowest BCUT2D eigenvalue weighted by atomic mass is 10.2. The van der Waals surface area contributed by atoms with E-state index in [2.05, 4.69) is 5.32 Å². The Bertz CT molecular complexity index is 293. The van der Waals surface area contributed by atoms with E-state index < -0.39 is 30.4 Å². The Balaban J connectivity index is 4.47. The fourth-order valence-corrected chi connectivity index (χ4v) is 1.31. The summed E-state index contributed by atoms with van der Waals surface area (Å²) < 4.78 is 0. The zero-order chi connectivity index (χ0) is 13.4. The molecule has 0 aromatic heterocycles. The van der Waals surface area contributed by atoms with E-state index in [1.807, 2.05) is 6.92 Å². The minimum Gasteiger partial charge on any atom is -0.480 e. The van der Waals surface area contributed by atoms with Gasteiger partial charge in [-0.25, -0.2) is 9.59 Å². The molecule has 7 heteroatoms. The molecule has 1 atom stereocenters. The Labute approximate surface area is 100.0 Å². The van der Waals surface area contributed by atoms with Crippen molar-refractivity contribution in [2.45, 2.75) is 32.7 Å². The first-order chi connectivity index (χ1) is 7.92. The van der Waals surface area contributed by atoms with Gasteiger partial charge < -0.3 is 21.1 Å². The van der Waals surface area contributed by atoms with Crippen molar-refractivity contribution in [3.63, 3.8) is 0 Å². The van der Waals surface area contributed by atoms with E-state index in [9.17, 15) is 14.4 Å². The average Bonchev–Trinajstić information content (AvgIpc) is 2.23. The summed E-state index contributed by atoms with van der Waals surface area (Å²) >= 11 is 0. The molecule has 0 saturated heterocycles. The van der Waals surface area contributed by atoms with Crippen molar-refractivity contribution in [2.75, 3.05) is 13.1 Å². The van der Waals surface area contributed by atoms with E-state index in [1.165, 1.54) is 4.90 Å². The van der Waals surface area contributed by atoms with Gasteiger partial charge in [0.05, 0.1) is 6.42 Å². The summed E-state index contributed by atoms with van der Waals surface area (Å²) in [5.74, 6) is -2.04. The number of rotatable bonds is 7. The van der Waals surface area contributed by atoms with Crippen LogP contribution in [-0.4, -0.2) is 47.0 Å². The van der Waals surface area contributed by atoms with Crippen LogP contribution in [0.5, 0.6) is 0 Å². The molecule has 0 unspecified atom stereocenters. The van der Waals surface area contributed by atoms with Gasteiger partial charge in [0.2, 0.25) is 5.91 Å². The van der Waals surface area contributed by atoms with Crippen LogP contribution in [0.3, 0.4) is 0 Å². The number of aliphatic carboxylic acids is 1. The molecule has 0 spiro atoms. The van der Waals surface area contributed by atoms with E-state index in [1.54, 1.807) is 6.92 Å². The second-order valence-electron chi connectivity index (χ2n) is 3.59. The number of carboxylic acids is 1. The summed E-state index contributed by atoms with van der Waals surface area (Å²) in [6.07, 6.45) is 0.361. The Kier molecular flexibility index (Phi) is 6.69. The number of carbonyl (C=O) groups is 3. The summed E-state index contributed by atoms with van der Waals surface area (Å²) in [5, 5.41) is 11.1. The minimum absolute atomic E-state index is 0.412. The predicted molar refractivity (Wildman–Crippen MR) is 61.3 cm³/mol. The molecule has 0 heterocycles. The van der Waals surface area contributed by atoms with Crippen molar-refractivity contribution >= 4 is 17.9 Å². The molecule has 98 valence electrons. The number of carbonyl (C=O) groups excluding carboxylic acids is 2. The lowest BCUT2D eigenvalue weighted by Crippen LogP contribution is -2.49. The van der Waals surface area contributed by atoms with Crippen LogP contribution in [0.4, 0.5) is 4.79 Å². The standard InChI is InChI=1S/C10H19N3O4/c1-3-5-13(4-2)10(17)12-7(9(15)16)6-8(11)14/h7H,3-6H2,1-2H3,(H2,11,14)(H,12,17)(H,15,16)/t7-/m1/s1. The largest absolute Gasteiger partial charge is 0.480 e. The van der Waals surface area contributed by atoms with E-state index in [-0.39, 0.29) is 0 Å². The van der Waals surface area contributed by atoms with Crippen LogP contribution in [0, 0.1) is 0 Å². The highest BCUT2D eigenvalue weighted by Crippen LogP contribution is 1.97. The molecule has 0 aliphatic carbocycles. The third kappa shape index (κ3) is 5.74. The zero-order valence-corrected chi connectivity index (χ0v) is 10.1. The molecule has 3 amide bonds. The Morgan fingerprint density at radius 1 is 1.35 bits per heavy atom. The SMILES string of the molecule is CCCN(CC)C(=O)N[C@H](CC(N)=O)C(=O)O. The number of urea groups is 1. The molecular weight excluding hydrogens is 226 g/mol. The smallest absolute Gasteiger partial charge is 0.326 e. The summed E-state index contributed by atoms with van der Waals surface area (Å²) in [6.45, 7) is 4.71. The lowest BCUT2D eigenvalue weighted by Gasteiger charge is -2.22. The van der Waals surface area contributed by atoms with Gasteiger partial charge in [-0.05, 0) is 13.3 Å². The van der Waals surface area contributed by atoms with Crippen molar-refractivity contribution < 1.29 is 19.5 Å². The van der Waals surface area contributed by atoms with Gasteiger partial charge in [-0.15, -0.1) is 0 Å². The van der Waals surface area contributed by atoms with Crippen LogP contribution in [-0.2, 0) is 9.59 Å². The molecule has 0 aromatic carbocycles. The van der Waals surface area contributed by atoms with Crippen LogP contribution in [0.15, 0.2) is 0 Å². The Morgan fingerprint density at radius 3 is 2.29 bits per heavy atom. The third-order valence-electron chi connectivity index (χ3n) is 2.16. The number of amides is 3. The predicted octanol–water partition coefficient (Wildman–Crippen LogP) is -0.243. The lowest BCUT2D eigenvalue weighted by molar-refractivity contribution is -0.140. The molecule has 0 aliphatic rings. The number of hydrogen-bond donors (Lipinski definition) is 3. The maximum Gasteiger partial charge on any atom is 0.326 e. The first-order valence-corrected chi connectivity index (χ1v) is 5.48. The summed E-state index contributed by atoms with van der Waals surface area (Å²) in [6, 6.07) is -1.77. The van der Waals surface area contributed by atoms with E-state index in [4.69, 9.17) is 10.8 Å². The molecule has 4 N–H and O–H groups in total. The normalized spacial score (nSPS) is 11.6. The molecule has 0 fully saturated rings. The molecule has 0 aromatic rings. The molecule has 0 saturated carbocycles. The Hall–Kier alpha value is -1.79. The summed E-state index contributed by atoms with van der Waals surface area (Å²) in [7, 11) is 0. The number of nitrogens with two attached hydrogens (primary N) is 1. The van der Waals surface area contributed by atoms with Crippen molar-refractivity contribution in [1.29, 1.82) is 0 Å².